The van der Waals surface area contributed by atoms with Crippen LogP contribution in [-0.4, -0.2) is 38.7 Å². The number of hydrogen-bond acceptors (Lipinski definition) is 4. The molecule has 0 radical (unpaired) electrons. The van der Waals surface area contributed by atoms with E-state index < -0.39 is 0 Å². The normalized spacial score (nSPS) is 11.6. The van der Waals surface area contributed by atoms with E-state index >= 15 is 0 Å². The molecule has 0 bridgehead atoms. The highest BCUT2D eigenvalue weighted by Crippen LogP contribution is 2.29. The fourth-order valence-corrected chi connectivity index (χ4v) is 3.01. The standard InChI is InChI=1S/C21H27NO4/c1-6-22(15(2)17-8-7-9-18(14-17)24-3)21(23)13-16-10-11-19(25-4)20(12-16)26-5/h7-12,14-15H,6,13H2,1-5H3. The summed E-state index contributed by atoms with van der Waals surface area (Å²) >= 11 is 0. The van der Waals surface area contributed by atoms with Gasteiger partial charge in [-0.3, -0.25) is 4.79 Å². The van der Waals surface area contributed by atoms with E-state index in [1.54, 1.807) is 21.3 Å². The summed E-state index contributed by atoms with van der Waals surface area (Å²) in [7, 11) is 4.83. The Hall–Kier alpha value is -2.69. The van der Waals surface area contributed by atoms with E-state index in [1.807, 2.05) is 61.2 Å². The fourth-order valence-electron chi connectivity index (χ4n) is 3.01. The number of benzene rings is 2. The lowest BCUT2D eigenvalue weighted by atomic mass is 10.0. The van der Waals surface area contributed by atoms with Crippen LogP contribution >= 0.6 is 0 Å². The molecule has 1 amide bonds. The van der Waals surface area contributed by atoms with Crippen LogP contribution in [0.15, 0.2) is 42.5 Å². The van der Waals surface area contributed by atoms with Crippen LogP contribution in [0.4, 0.5) is 0 Å². The summed E-state index contributed by atoms with van der Waals surface area (Å²) in [6.45, 7) is 4.65. The summed E-state index contributed by atoms with van der Waals surface area (Å²) in [4.78, 5) is 14.8. The predicted octanol–water partition coefficient (Wildman–Crippen LogP) is 3.86. The molecule has 0 heterocycles. The molecule has 0 fully saturated rings. The third kappa shape index (κ3) is 4.48. The molecule has 140 valence electrons. The first-order valence-corrected chi connectivity index (χ1v) is 8.68. The van der Waals surface area contributed by atoms with Gasteiger partial charge >= 0.3 is 0 Å². The van der Waals surface area contributed by atoms with Crippen LogP contribution in [0.3, 0.4) is 0 Å². The van der Waals surface area contributed by atoms with Crippen molar-refractivity contribution >= 4 is 5.91 Å². The van der Waals surface area contributed by atoms with Crippen molar-refractivity contribution in [1.29, 1.82) is 0 Å². The Morgan fingerprint density at radius 2 is 1.73 bits per heavy atom. The summed E-state index contributed by atoms with van der Waals surface area (Å²) in [6, 6.07) is 13.3. The molecule has 2 rings (SSSR count). The van der Waals surface area contributed by atoms with Crippen LogP contribution in [0.5, 0.6) is 17.2 Å². The largest absolute Gasteiger partial charge is 0.497 e. The van der Waals surface area contributed by atoms with Crippen LogP contribution in [0.1, 0.15) is 31.0 Å². The maximum atomic E-state index is 12.9. The van der Waals surface area contributed by atoms with Gasteiger partial charge in [0.1, 0.15) is 5.75 Å². The smallest absolute Gasteiger partial charge is 0.227 e. The van der Waals surface area contributed by atoms with Gasteiger partial charge in [-0.15, -0.1) is 0 Å². The Balaban J connectivity index is 2.17. The van der Waals surface area contributed by atoms with Gasteiger partial charge in [-0.1, -0.05) is 18.2 Å². The summed E-state index contributed by atoms with van der Waals surface area (Å²) < 4.78 is 15.9. The third-order valence-corrected chi connectivity index (χ3v) is 4.51. The van der Waals surface area contributed by atoms with Crippen molar-refractivity contribution in [3.63, 3.8) is 0 Å². The average Bonchev–Trinajstić information content (AvgIpc) is 2.68. The van der Waals surface area contributed by atoms with Crippen LogP contribution in [0, 0.1) is 0 Å². The molecule has 5 nitrogen and oxygen atoms in total. The maximum absolute atomic E-state index is 12.9. The Morgan fingerprint density at radius 3 is 2.35 bits per heavy atom. The van der Waals surface area contributed by atoms with Gasteiger partial charge < -0.3 is 19.1 Å². The van der Waals surface area contributed by atoms with Gasteiger partial charge in [0, 0.05) is 6.54 Å². The number of carbonyl (C=O) groups is 1. The van der Waals surface area contributed by atoms with Crippen molar-refractivity contribution in [2.45, 2.75) is 26.3 Å². The number of methoxy groups -OCH3 is 3. The van der Waals surface area contributed by atoms with Gasteiger partial charge in [-0.05, 0) is 49.2 Å². The van der Waals surface area contributed by atoms with Crippen molar-refractivity contribution in [3.05, 3.63) is 53.6 Å². The minimum absolute atomic E-state index is 0.0391. The van der Waals surface area contributed by atoms with E-state index in [2.05, 4.69) is 0 Å². The Morgan fingerprint density at radius 1 is 1.00 bits per heavy atom. The molecule has 5 heteroatoms. The fraction of sp³-hybridized carbons (Fsp3) is 0.381. The number of ether oxygens (including phenoxy) is 3. The minimum Gasteiger partial charge on any atom is -0.497 e. The number of rotatable bonds is 8. The molecule has 1 unspecified atom stereocenters. The van der Waals surface area contributed by atoms with E-state index in [0.717, 1.165) is 16.9 Å². The van der Waals surface area contributed by atoms with E-state index in [4.69, 9.17) is 14.2 Å². The van der Waals surface area contributed by atoms with Gasteiger partial charge in [0.2, 0.25) is 5.91 Å². The zero-order chi connectivity index (χ0) is 19.1. The second kappa shape index (κ2) is 9.13. The third-order valence-electron chi connectivity index (χ3n) is 4.51. The first-order chi connectivity index (χ1) is 12.5. The predicted molar refractivity (Wildman–Crippen MR) is 102 cm³/mol. The maximum Gasteiger partial charge on any atom is 0.227 e. The molecule has 0 aromatic heterocycles. The molecule has 1 atom stereocenters. The number of carbonyl (C=O) groups excluding carboxylic acids is 1. The van der Waals surface area contributed by atoms with Gasteiger partial charge in [0.05, 0.1) is 33.8 Å². The van der Waals surface area contributed by atoms with E-state index in [-0.39, 0.29) is 11.9 Å². The second-order valence-electron chi connectivity index (χ2n) is 6.00. The molecular formula is C21H27NO4. The Kier molecular flexibility index (Phi) is 6.89. The van der Waals surface area contributed by atoms with Crippen molar-refractivity contribution < 1.29 is 19.0 Å². The molecule has 2 aromatic rings. The highest BCUT2D eigenvalue weighted by molar-refractivity contribution is 5.79. The molecule has 0 aliphatic heterocycles. The summed E-state index contributed by atoms with van der Waals surface area (Å²) in [6.07, 6.45) is 0.308. The summed E-state index contributed by atoms with van der Waals surface area (Å²) in [5.74, 6) is 2.13. The lowest BCUT2D eigenvalue weighted by molar-refractivity contribution is -0.132. The first-order valence-electron chi connectivity index (χ1n) is 8.68. The quantitative estimate of drug-likeness (QED) is 0.720. The highest BCUT2D eigenvalue weighted by Gasteiger charge is 2.21. The minimum atomic E-state index is -0.0391. The van der Waals surface area contributed by atoms with Crippen molar-refractivity contribution in [1.82, 2.24) is 4.90 Å². The first kappa shape index (κ1) is 19.6. The van der Waals surface area contributed by atoms with Crippen LogP contribution in [0.25, 0.3) is 0 Å². The molecule has 0 saturated carbocycles. The van der Waals surface area contributed by atoms with Crippen molar-refractivity contribution in [2.24, 2.45) is 0 Å². The summed E-state index contributed by atoms with van der Waals surface area (Å²) in [5.41, 5.74) is 1.94. The number of amides is 1. The Labute approximate surface area is 155 Å². The monoisotopic (exact) mass is 357 g/mol. The van der Waals surface area contributed by atoms with Crippen LogP contribution in [0.2, 0.25) is 0 Å². The Bertz CT molecular complexity index is 745. The average molecular weight is 357 g/mol. The molecular weight excluding hydrogens is 330 g/mol. The van der Waals surface area contributed by atoms with E-state index in [9.17, 15) is 4.79 Å². The number of likely N-dealkylation sites (N-methyl/N-ethyl adjacent to an activating group) is 1. The molecule has 26 heavy (non-hydrogen) atoms. The molecule has 0 spiro atoms. The molecule has 0 saturated heterocycles. The lowest BCUT2D eigenvalue weighted by Gasteiger charge is -2.29. The van der Waals surface area contributed by atoms with Gasteiger partial charge in [-0.25, -0.2) is 0 Å². The van der Waals surface area contributed by atoms with E-state index in [0.29, 0.717) is 24.5 Å². The van der Waals surface area contributed by atoms with Crippen molar-refractivity contribution in [3.8, 4) is 17.2 Å². The molecule has 0 N–H and O–H groups in total. The molecule has 2 aromatic carbocycles. The van der Waals surface area contributed by atoms with Gasteiger partial charge in [-0.2, -0.15) is 0 Å². The highest BCUT2D eigenvalue weighted by atomic mass is 16.5. The van der Waals surface area contributed by atoms with Crippen molar-refractivity contribution in [2.75, 3.05) is 27.9 Å². The van der Waals surface area contributed by atoms with Gasteiger partial charge in [0.15, 0.2) is 11.5 Å². The van der Waals surface area contributed by atoms with Crippen LogP contribution < -0.4 is 14.2 Å². The molecule has 0 aliphatic carbocycles. The second-order valence-corrected chi connectivity index (χ2v) is 6.00. The van der Waals surface area contributed by atoms with E-state index in [1.165, 1.54) is 0 Å². The zero-order valence-corrected chi connectivity index (χ0v) is 16.1. The van der Waals surface area contributed by atoms with Gasteiger partial charge in [0.25, 0.3) is 0 Å². The van der Waals surface area contributed by atoms with Crippen LogP contribution in [-0.2, 0) is 11.2 Å². The summed E-state index contributed by atoms with van der Waals surface area (Å²) in [5, 5.41) is 0. The zero-order valence-electron chi connectivity index (χ0n) is 16.1. The lowest BCUT2D eigenvalue weighted by Crippen LogP contribution is -2.34. The topological polar surface area (TPSA) is 48.0 Å². The SMILES string of the molecule is CCN(C(=O)Cc1ccc(OC)c(OC)c1)C(C)c1cccc(OC)c1. The molecule has 0 aliphatic rings. The number of hydrogen-bond donors (Lipinski definition) is 0. The number of nitrogens with zero attached hydrogens (tertiary/aromatic N) is 1.